The van der Waals surface area contributed by atoms with Crippen LogP contribution in [0.5, 0.6) is 0 Å². The van der Waals surface area contributed by atoms with Crippen LogP contribution < -0.4 is 16.9 Å². The van der Waals surface area contributed by atoms with E-state index in [0.717, 1.165) is 12.0 Å². The van der Waals surface area contributed by atoms with Crippen LogP contribution in [0.1, 0.15) is 24.1 Å². The molecule has 1 aliphatic rings. The Morgan fingerprint density at radius 3 is 2.88 bits per heavy atom. The number of aliphatic imine (C=N–C) groups is 1. The molecule has 2 rings (SSSR count). The number of amides is 1. The predicted molar refractivity (Wildman–Crippen MR) is 101 cm³/mol. The van der Waals surface area contributed by atoms with Gasteiger partial charge in [-0.05, 0) is 36.7 Å². The standard InChI is InChI=1S/C18H24N6O/c1-13-15-7-4-3-6-14(15)8-11-24(13)18(25)16(20)12-17(23-21-2)22-10-5-9-19/h3-7,9-10,12-13,21H,8,11,19-20H2,1-2H3/t13-/m1/s1. The number of benzene rings is 1. The number of amidine groups is 1. The average molecular weight is 340 g/mol. The number of nitrogens with one attached hydrogen (secondary N) is 1. The summed E-state index contributed by atoms with van der Waals surface area (Å²) in [6, 6.07) is 8.13. The van der Waals surface area contributed by atoms with Crippen molar-refractivity contribution in [2.24, 2.45) is 21.6 Å². The summed E-state index contributed by atoms with van der Waals surface area (Å²) in [5, 5.41) is 3.99. The summed E-state index contributed by atoms with van der Waals surface area (Å²) in [4.78, 5) is 18.6. The molecule has 1 aliphatic heterocycles. The summed E-state index contributed by atoms with van der Waals surface area (Å²) in [5.74, 6) is 0.0619. The number of carbonyl (C=O) groups excluding carboxylic acids is 1. The molecule has 25 heavy (non-hydrogen) atoms. The van der Waals surface area contributed by atoms with Gasteiger partial charge in [0.15, 0.2) is 5.84 Å². The minimum Gasteiger partial charge on any atom is -0.405 e. The quantitative estimate of drug-likeness (QED) is 0.329. The first kappa shape index (κ1) is 18.3. The Labute approximate surface area is 147 Å². The third-order valence-corrected chi connectivity index (χ3v) is 4.02. The number of hydrogen-bond acceptors (Lipinski definition) is 5. The summed E-state index contributed by atoms with van der Waals surface area (Å²) in [6.45, 7) is 2.64. The number of fused-ring (bicyclic) bond motifs is 1. The zero-order chi connectivity index (χ0) is 18.2. The van der Waals surface area contributed by atoms with Crippen LogP contribution in [-0.2, 0) is 11.2 Å². The van der Waals surface area contributed by atoms with Crippen LogP contribution in [0.3, 0.4) is 0 Å². The Morgan fingerprint density at radius 1 is 1.40 bits per heavy atom. The van der Waals surface area contributed by atoms with E-state index in [1.807, 2.05) is 19.1 Å². The van der Waals surface area contributed by atoms with Gasteiger partial charge in [0.05, 0.1) is 6.04 Å². The van der Waals surface area contributed by atoms with Crippen molar-refractivity contribution >= 4 is 18.0 Å². The van der Waals surface area contributed by atoms with Gasteiger partial charge < -0.3 is 21.8 Å². The maximum atomic E-state index is 12.8. The predicted octanol–water partition coefficient (Wildman–Crippen LogP) is 1.05. The van der Waals surface area contributed by atoms with Crippen LogP contribution >= 0.6 is 0 Å². The van der Waals surface area contributed by atoms with Crippen LogP contribution in [0.15, 0.2) is 58.4 Å². The van der Waals surface area contributed by atoms with Gasteiger partial charge in [-0.25, -0.2) is 4.99 Å². The fourth-order valence-electron chi connectivity index (χ4n) is 2.80. The molecule has 0 radical (unpaired) electrons. The SMILES string of the molecule is CNN=C(C=C(N)C(=O)N1CCc2ccccc2[C@H]1C)N=CC=CN. The molecule has 1 aromatic rings. The number of hydrogen-bond donors (Lipinski definition) is 3. The first-order valence-corrected chi connectivity index (χ1v) is 8.09. The normalized spacial score (nSPS) is 18.6. The highest BCUT2D eigenvalue weighted by atomic mass is 16.2. The van der Waals surface area contributed by atoms with Crippen LogP contribution in [0, 0.1) is 0 Å². The first-order valence-electron chi connectivity index (χ1n) is 8.09. The van der Waals surface area contributed by atoms with Crippen molar-refractivity contribution in [2.45, 2.75) is 19.4 Å². The highest BCUT2D eigenvalue weighted by Crippen LogP contribution is 2.29. The van der Waals surface area contributed by atoms with Crippen LogP contribution in [0.4, 0.5) is 0 Å². The van der Waals surface area contributed by atoms with Crippen molar-refractivity contribution in [3.05, 3.63) is 59.4 Å². The van der Waals surface area contributed by atoms with Crippen LogP contribution in [0.2, 0.25) is 0 Å². The van der Waals surface area contributed by atoms with Crippen molar-refractivity contribution in [3.8, 4) is 0 Å². The Balaban J connectivity index is 2.20. The molecule has 0 unspecified atom stereocenters. The highest BCUT2D eigenvalue weighted by Gasteiger charge is 2.28. The molecule has 0 aliphatic carbocycles. The lowest BCUT2D eigenvalue weighted by molar-refractivity contribution is -0.129. The molecule has 1 aromatic carbocycles. The Kier molecular flexibility index (Phi) is 6.33. The van der Waals surface area contributed by atoms with Crippen LogP contribution in [-0.4, -0.2) is 36.4 Å². The maximum absolute atomic E-state index is 12.8. The monoisotopic (exact) mass is 340 g/mol. The van der Waals surface area contributed by atoms with Gasteiger partial charge in [0.2, 0.25) is 0 Å². The van der Waals surface area contributed by atoms with E-state index in [-0.39, 0.29) is 23.5 Å². The van der Waals surface area contributed by atoms with Crippen molar-refractivity contribution < 1.29 is 4.79 Å². The van der Waals surface area contributed by atoms with Crippen molar-refractivity contribution in [2.75, 3.05) is 13.6 Å². The van der Waals surface area contributed by atoms with Crippen molar-refractivity contribution in [3.63, 3.8) is 0 Å². The number of carbonyl (C=O) groups is 1. The van der Waals surface area contributed by atoms with Gasteiger partial charge >= 0.3 is 0 Å². The largest absolute Gasteiger partial charge is 0.405 e. The molecule has 0 fully saturated rings. The van der Waals surface area contributed by atoms with E-state index < -0.39 is 0 Å². The number of hydrazone groups is 1. The van der Waals surface area contributed by atoms with E-state index in [2.05, 4.69) is 27.7 Å². The van der Waals surface area contributed by atoms with Gasteiger partial charge in [-0.1, -0.05) is 24.3 Å². The molecule has 7 nitrogen and oxygen atoms in total. The van der Waals surface area contributed by atoms with Gasteiger partial charge in [0.1, 0.15) is 5.70 Å². The minimum absolute atomic E-state index is 0.0298. The second-order valence-electron chi connectivity index (χ2n) is 5.58. The molecule has 1 amide bonds. The third-order valence-electron chi connectivity index (χ3n) is 4.02. The number of allylic oxidation sites excluding steroid dienone is 1. The van der Waals surface area contributed by atoms with Gasteiger partial charge in [-0.2, -0.15) is 5.10 Å². The lowest BCUT2D eigenvalue weighted by Crippen LogP contribution is -2.41. The van der Waals surface area contributed by atoms with Crippen molar-refractivity contribution in [1.29, 1.82) is 0 Å². The summed E-state index contributed by atoms with van der Waals surface area (Å²) in [5.41, 5.74) is 16.4. The average Bonchev–Trinajstić information content (AvgIpc) is 2.62. The summed E-state index contributed by atoms with van der Waals surface area (Å²) in [7, 11) is 1.64. The van der Waals surface area contributed by atoms with Gasteiger partial charge in [-0.3, -0.25) is 4.79 Å². The molecule has 7 heteroatoms. The third kappa shape index (κ3) is 4.47. The second-order valence-corrected chi connectivity index (χ2v) is 5.58. The number of nitrogens with zero attached hydrogens (tertiary/aromatic N) is 3. The van der Waals surface area contributed by atoms with Gasteiger partial charge in [-0.15, -0.1) is 0 Å². The summed E-state index contributed by atoms with van der Waals surface area (Å²) in [6.07, 6.45) is 6.65. The molecular weight excluding hydrogens is 316 g/mol. The van der Waals surface area contributed by atoms with Gasteiger partial charge in [0, 0.05) is 25.9 Å². The smallest absolute Gasteiger partial charge is 0.270 e. The fourth-order valence-corrected chi connectivity index (χ4v) is 2.80. The van der Waals surface area contributed by atoms with E-state index >= 15 is 0 Å². The molecule has 0 bridgehead atoms. The summed E-state index contributed by atoms with van der Waals surface area (Å²) >= 11 is 0. The van der Waals surface area contributed by atoms with E-state index in [1.54, 1.807) is 18.0 Å². The second kappa shape index (κ2) is 8.68. The zero-order valence-corrected chi connectivity index (χ0v) is 14.5. The Morgan fingerprint density at radius 2 is 2.16 bits per heavy atom. The fraction of sp³-hybridized carbons (Fsp3) is 0.278. The lowest BCUT2D eigenvalue weighted by Gasteiger charge is -2.35. The number of nitrogens with two attached hydrogens (primary N) is 2. The molecule has 0 saturated carbocycles. The van der Waals surface area contributed by atoms with E-state index in [0.29, 0.717) is 6.54 Å². The highest BCUT2D eigenvalue weighted by molar-refractivity contribution is 6.05. The molecule has 1 heterocycles. The van der Waals surface area contributed by atoms with Gasteiger partial charge in [0.25, 0.3) is 5.91 Å². The Bertz CT molecular complexity index is 735. The zero-order valence-electron chi connectivity index (χ0n) is 14.5. The minimum atomic E-state index is -0.227. The van der Waals surface area contributed by atoms with E-state index in [4.69, 9.17) is 11.5 Å². The maximum Gasteiger partial charge on any atom is 0.270 e. The molecule has 0 saturated heterocycles. The van der Waals surface area contributed by atoms with Crippen molar-refractivity contribution in [1.82, 2.24) is 10.3 Å². The molecule has 0 spiro atoms. The van der Waals surface area contributed by atoms with E-state index in [9.17, 15) is 4.79 Å². The lowest BCUT2D eigenvalue weighted by atomic mass is 9.93. The molecule has 1 atom stereocenters. The van der Waals surface area contributed by atoms with Crippen LogP contribution in [0.25, 0.3) is 0 Å². The number of rotatable bonds is 4. The molecular formula is C18H24N6O. The topological polar surface area (TPSA) is 109 Å². The Hall–Kier alpha value is -3.09. The molecule has 5 N–H and O–H groups in total. The molecule has 132 valence electrons. The summed E-state index contributed by atoms with van der Waals surface area (Å²) < 4.78 is 0. The molecule has 0 aromatic heterocycles. The first-order chi connectivity index (χ1) is 12.1. The van der Waals surface area contributed by atoms with E-state index in [1.165, 1.54) is 24.1 Å².